The Bertz CT molecular complexity index is 869. The first-order valence-electron chi connectivity index (χ1n) is 9.46. The molecule has 5 heteroatoms. The molecule has 0 saturated carbocycles. The molecule has 1 heterocycles. The summed E-state index contributed by atoms with van der Waals surface area (Å²) >= 11 is 0. The first kappa shape index (κ1) is 19.8. The van der Waals surface area contributed by atoms with Crippen molar-refractivity contribution in [1.82, 2.24) is 9.80 Å². The van der Waals surface area contributed by atoms with E-state index in [1.165, 1.54) is 18.2 Å². The first-order valence-corrected chi connectivity index (χ1v) is 9.46. The SMILES string of the molecule is CC(C)(C(=O)N1CCN(C(=O)C=Cc2ccccc2F)CC1)c1ccccc1. The summed E-state index contributed by atoms with van der Waals surface area (Å²) < 4.78 is 13.7. The van der Waals surface area contributed by atoms with Crippen LogP contribution in [0.3, 0.4) is 0 Å². The largest absolute Gasteiger partial charge is 0.338 e. The molecule has 2 amide bonds. The lowest BCUT2D eigenvalue weighted by Crippen LogP contribution is -2.54. The molecule has 2 aromatic carbocycles. The summed E-state index contributed by atoms with van der Waals surface area (Å²) in [5.74, 6) is -0.463. The Labute approximate surface area is 165 Å². The van der Waals surface area contributed by atoms with E-state index >= 15 is 0 Å². The van der Waals surface area contributed by atoms with Crippen LogP contribution in [0.15, 0.2) is 60.7 Å². The van der Waals surface area contributed by atoms with E-state index in [2.05, 4.69) is 0 Å². The van der Waals surface area contributed by atoms with Crippen molar-refractivity contribution < 1.29 is 14.0 Å². The van der Waals surface area contributed by atoms with E-state index in [-0.39, 0.29) is 17.6 Å². The van der Waals surface area contributed by atoms with Gasteiger partial charge in [-0.15, -0.1) is 0 Å². The van der Waals surface area contributed by atoms with Gasteiger partial charge in [-0.25, -0.2) is 4.39 Å². The second-order valence-corrected chi connectivity index (χ2v) is 7.46. The number of piperazine rings is 1. The minimum Gasteiger partial charge on any atom is -0.338 e. The molecule has 0 radical (unpaired) electrons. The van der Waals surface area contributed by atoms with Gasteiger partial charge in [0.1, 0.15) is 5.82 Å². The fourth-order valence-electron chi connectivity index (χ4n) is 3.38. The van der Waals surface area contributed by atoms with E-state index in [0.717, 1.165) is 5.56 Å². The second kappa shape index (κ2) is 8.38. The summed E-state index contributed by atoms with van der Waals surface area (Å²) in [6.45, 7) is 5.79. The summed E-state index contributed by atoms with van der Waals surface area (Å²) in [6, 6.07) is 16.1. The lowest BCUT2D eigenvalue weighted by molar-refractivity contribution is -0.141. The third kappa shape index (κ3) is 4.30. The predicted octanol–water partition coefficient (Wildman–Crippen LogP) is 3.49. The lowest BCUT2D eigenvalue weighted by Gasteiger charge is -2.38. The standard InChI is InChI=1S/C23H25FN2O2/c1-23(2,19-9-4-3-5-10-19)22(28)26-16-14-25(15-17-26)21(27)13-12-18-8-6-7-11-20(18)24/h3-13H,14-17H2,1-2H3. The molecule has 0 atom stereocenters. The van der Waals surface area contributed by atoms with Crippen molar-refractivity contribution in [3.8, 4) is 0 Å². The van der Waals surface area contributed by atoms with Crippen molar-refractivity contribution >= 4 is 17.9 Å². The zero-order valence-electron chi connectivity index (χ0n) is 16.3. The normalized spacial score (nSPS) is 15.1. The van der Waals surface area contributed by atoms with Crippen LogP contribution >= 0.6 is 0 Å². The molecular formula is C23H25FN2O2. The average molecular weight is 380 g/mol. The highest BCUT2D eigenvalue weighted by Gasteiger charge is 2.35. The molecule has 0 bridgehead atoms. The number of carbonyl (C=O) groups excluding carboxylic acids is 2. The van der Waals surface area contributed by atoms with Crippen LogP contribution in [-0.4, -0.2) is 47.8 Å². The molecule has 2 aromatic rings. The molecule has 1 saturated heterocycles. The molecule has 1 fully saturated rings. The van der Waals surface area contributed by atoms with Crippen molar-refractivity contribution in [3.05, 3.63) is 77.6 Å². The van der Waals surface area contributed by atoms with Crippen LogP contribution < -0.4 is 0 Å². The van der Waals surface area contributed by atoms with Gasteiger partial charge in [0.2, 0.25) is 11.8 Å². The third-order valence-corrected chi connectivity index (χ3v) is 5.22. The zero-order chi connectivity index (χ0) is 20.1. The van der Waals surface area contributed by atoms with E-state index < -0.39 is 5.41 Å². The molecular weight excluding hydrogens is 355 g/mol. The lowest BCUT2D eigenvalue weighted by atomic mass is 9.83. The van der Waals surface area contributed by atoms with Gasteiger partial charge in [0.15, 0.2) is 0 Å². The van der Waals surface area contributed by atoms with Gasteiger partial charge in [0, 0.05) is 37.8 Å². The van der Waals surface area contributed by atoms with Crippen LogP contribution in [0.5, 0.6) is 0 Å². The summed E-state index contributed by atoms with van der Waals surface area (Å²) in [6.07, 6.45) is 2.89. The summed E-state index contributed by atoms with van der Waals surface area (Å²) in [4.78, 5) is 28.9. The van der Waals surface area contributed by atoms with Gasteiger partial charge >= 0.3 is 0 Å². The molecule has 1 aliphatic heterocycles. The molecule has 4 nitrogen and oxygen atoms in total. The van der Waals surface area contributed by atoms with E-state index in [9.17, 15) is 14.0 Å². The highest BCUT2D eigenvalue weighted by molar-refractivity contribution is 5.92. The van der Waals surface area contributed by atoms with E-state index in [4.69, 9.17) is 0 Å². The Balaban J connectivity index is 1.59. The van der Waals surface area contributed by atoms with E-state index in [0.29, 0.717) is 31.7 Å². The highest BCUT2D eigenvalue weighted by atomic mass is 19.1. The molecule has 0 aromatic heterocycles. The smallest absolute Gasteiger partial charge is 0.246 e. The number of hydrogen-bond donors (Lipinski definition) is 0. The fraction of sp³-hybridized carbons (Fsp3) is 0.304. The molecule has 0 N–H and O–H groups in total. The summed E-state index contributed by atoms with van der Waals surface area (Å²) in [7, 11) is 0. The van der Waals surface area contributed by atoms with Crippen LogP contribution in [0.2, 0.25) is 0 Å². The molecule has 28 heavy (non-hydrogen) atoms. The van der Waals surface area contributed by atoms with Crippen molar-refractivity contribution in [2.24, 2.45) is 0 Å². The Kier molecular flexibility index (Phi) is 5.93. The average Bonchev–Trinajstić information content (AvgIpc) is 2.73. The number of carbonyl (C=O) groups is 2. The Morgan fingerprint density at radius 2 is 1.46 bits per heavy atom. The molecule has 0 aliphatic carbocycles. The molecule has 146 valence electrons. The number of rotatable bonds is 4. The van der Waals surface area contributed by atoms with Crippen molar-refractivity contribution in [3.63, 3.8) is 0 Å². The third-order valence-electron chi connectivity index (χ3n) is 5.22. The van der Waals surface area contributed by atoms with Gasteiger partial charge in [-0.1, -0.05) is 48.5 Å². The molecule has 1 aliphatic rings. The predicted molar refractivity (Wildman–Crippen MR) is 108 cm³/mol. The fourth-order valence-corrected chi connectivity index (χ4v) is 3.38. The molecule has 0 unspecified atom stereocenters. The van der Waals surface area contributed by atoms with Crippen LogP contribution in [-0.2, 0) is 15.0 Å². The Hall–Kier alpha value is -2.95. The van der Waals surface area contributed by atoms with Crippen molar-refractivity contribution in [1.29, 1.82) is 0 Å². The van der Waals surface area contributed by atoms with Gasteiger partial charge in [-0.3, -0.25) is 9.59 Å². The van der Waals surface area contributed by atoms with E-state index in [1.54, 1.807) is 23.1 Å². The summed E-state index contributed by atoms with van der Waals surface area (Å²) in [5.41, 5.74) is 0.749. The maximum atomic E-state index is 13.7. The monoisotopic (exact) mass is 380 g/mol. The number of hydrogen-bond acceptors (Lipinski definition) is 2. The summed E-state index contributed by atoms with van der Waals surface area (Å²) in [5, 5.41) is 0. The first-order chi connectivity index (χ1) is 13.4. The van der Waals surface area contributed by atoms with Gasteiger partial charge in [-0.05, 0) is 31.6 Å². The minimum atomic E-state index is -0.613. The van der Waals surface area contributed by atoms with Crippen molar-refractivity contribution in [2.45, 2.75) is 19.3 Å². The number of nitrogens with zero attached hydrogens (tertiary/aromatic N) is 2. The van der Waals surface area contributed by atoms with E-state index in [1.807, 2.05) is 49.1 Å². The van der Waals surface area contributed by atoms with Crippen LogP contribution in [0.25, 0.3) is 6.08 Å². The number of halogens is 1. The maximum absolute atomic E-state index is 13.7. The van der Waals surface area contributed by atoms with Crippen LogP contribution in [0.1, 0.15) is 25.0 Å². The number of benzene rings is 2. The van der Waals surface area contributed by atoms with Crippen molar-refractivity contribution in [2.75, 3.05) is 26.2 Å². The zero-order valence-corrected chi connectivity index (χ0v) is 16.3. The van der Waals surface area contributed by atoms with Crippen LogP contribution in [0.4, 0.5) is 4.39 Å². The Morgan fingerprint density at radius 1 is 0.893 bits per heavy atom. The highest BCUT2D eigenvalue weighted by Crippen LogP contribution is 2.26. The van der Waals surface area contributed by atoms with Gasteiger partial charge < -0.3 is 9.80 Å². The quantitative estimate of drug-likeness (QED) is 0.762. The van der Waals surface area contributed by atoms with Gasteiger partial charge in [0.05, 0.1) is 5.41 Å². The second-order valence-electron chi connectivity index (χ2n) is 7.46. The van der Waals surface area contributed by atoms with Gasteiger partial charge in [-0.2, -0.15) is 0 Å². The minimum absolute atomic E-state index is 0.0627. The molecule has 0 spiro atoms. The Morgan fingerprint density at radius 3 is 2.11 bits per heavy atom. The van der Waals surface area contributed by atoms with Gasteiger partial charge in [0.25, 0.3) is 0 Å². The topological polar surface area (TPSA) is 40.6 Å². The number of amides is 2. The van der Waals surface area contributed by atoms with Crippen LogP contribution in [0, 0.1) is 5.82 Å². The maximum Gasteiger partial charge on any atom is 0.246 e. The molecule has 3 rings (SSSR count).